The Kier molecular flexibility index (Phi) is 3.17. The Morgan fingerprint density at radius 2 is 1.90 bits per heavy atom. The van der Waals surface area contributed by atoms with Gasteiger partial charge in [-0.1, -0.05) is 24.3 Å². The first kappa shape index (κ1) is 13.3. The average Bonchev–Trinajstić information content (AvgIpc) is 2.48. The van der Waals surface area contributed by atoms with E-state index < -0.39 is 11.8 Å². The Balaban J connectivity index is 2.12. The number of hydrogen-bond donors (Lipinski definition) is 1. The van der Waals surface area contributed by atoms with E-state index in [1.807, 2.05) is 12.1 Å². The lowest BCUT2D eigenvalue weighted by molar-refractivity contribution is 0.0697. The van der Waals surface area contributed by atoms with E-state index in [9.17, 15) is 19.1 Å². The van der Waals surface area contributed by atoms with Crippen LogP contribution in [0.25, 0.3) is 0 Å². The maximum absolute atomic E-state index is 14.1. The standard InChI is InChI=1S/C16H12FNO3/c17-13-7-3-6-12(16(20)21)14(13)18-9-8-10-4-1-2-5-11(10)15(18)19/h1-7H,8-9H2,(H,20,21). The quantitative estimate of drug-likeness (QED) is 0.923. The molecule has 3 rings (SSSR count). The van der Waals surface area contributed by atoms with Crippen molar-refractivity contribution in [3.8, 4) is 0 Å². The SMILES string of the molecule is O=C(O)c1cccc(F)c1N1CCc2ccccc2C1=O. The number of carboxylic acids is 1. The number of hydrogen-bond acceptors (Lipinski definition) is 2. The van der Waals surface area contributed by atoms with Gasteiger partial charge in [-0.2, -0.15) is 0 Å². The highest BCUT2D eigenvalue weighted by Crippen LogP contribution is 2.29. The van der Waals surface area contributed by atoms with Gasteiger partial charge in [0.25, 0.3) is 5.91 Å². The number of amides is 1. The van der Waals surface area contributed by atoms with Gasteiger partial charge in [0.2, 0.25) is 0 Å². The summed E-state index contributed by atoms with van der Waals surface area (Å²) in [6.45, 7) is 0.261. The second kappa shape index (κ2) is 5.01. The summed E-state index contributed by atoms with van der Waals surface area (Å²) in [4.78, 5) is 25.0. The van der Waals surface area contributed by atoms with Gasteiger partial charge in [-0.05, 0) is 30.2 Å². The van der Waals surface area contributed by atoms with Crippen LogP contribution in [-0.2, 0) is 6.42 Å². The Hall–Kier alpha value is -2.69. The molecular formula is C16H12FNO3. The van der Waals surface area contributed by atoms with E-state index in [0.717, 1.165) is 11.6 Å². The van der Waals surface area contributed by atoms with Crippen molar-refractivity contribution in [1.29, 1.82) is 0 Å². The monoisotopic (exact) mass is 285 g/mol. The van der Waals surface area contributed by atoms with E-state index in [2.05, 4.69) is 0 Å². The first-order chi connectivity index (χ1) is 10.1. The van der Waals surface area contributed by atoms with E-state index in [1.165, 1.54) is 17.0 Å². The van der Waals surface area contributed by atoms with E-state index in [4.69, 9.17) is 0 Å². The number of halogens is 1. The Morgan fingerprint density at radius 3 is 2.67 bits per heavy atom. The van der Waals surface area contributed by atoms with Crippen molar-refractivity contribution >= 4 is 17.6 Å². The third kappa shape index (κ3) is 2.16. The molecular weight excluding hydrogens is 273 g/mol. The van der Waals surface area contributed by atoms with Crippen molar-refractivity contribution in [1.82, 2.24) is 0 Å². The zero-order chi connectivity index (χ0) is 15.0. The van der Waals surface area contributed by atoms with E-state index in [1.54, 1.807) is 12.1 Å². The van der Waals surface area contributed by atoms with Crippen molar-refractivity contribution in [2.45, 2.75) is 6.42 Å². The van der Waals surface area contributed by atoms with Crippen molar-refractivity contribution in [2.75, 3.05) is 11.4 Å². The van der Waals surface area contributed by atoms with Gasteiger partial charge in [0.1, 0.15) is 5.82 Å². The molecule has 1 amide bonds. The van der Waals surface area contributed by atoms with Crippen LogP contribution in [0.4, 0.5) is 10.1 Å². The minimum atomic E-state index is -1.25. The Labute approximate surface area is 120 Å². The maximum Gasteiger partial charge on any atom is 0.337 e. The molecule has 1 N–H and O–H groups in total. The molecule has 0 unspecified atom stereocenters. The number of aromatic carboxylic acids is 1. The molecule has 1 aliphatic rings. The van der Waals surface area contributed by atoms with E-state index in [-0.39, 0.29) is 23.7 Å². The van der Waals surface area contributed by atoms with Gasteiger partial charge in [0, 0.05) is 12.1 Å². The van der Waals surface area contributed by atoms with Gasteiger partial charge in [-0.3, -0.25) is 4.79 Å². The summed E-state index contributed by atoms with van der Waals surface area (Å²) in [7, 11) is 0. The van der Waals surface area contributed by atoms with Crippen LogP contribution in [0, 0.1) is 5.82 Å². The van der Waals surface area contributed by atoms with Gasteiger partial charge in [-0.25, -0.2) is 9.18 Å². The Morgan fingerprint density at radius 1 is 1.14 bits per heavy atom. The van der Waals surface area contributed by atoms with Gasteiger partial charge in [0.05, 0.1) is 11.3 Å². The Bertz CT molecular complexity index is 742. The van der Waals surface area contributed by atoms with Crippen molar-refractivity contribution in [3.05, 3.63) is 65.0 Å². The predicted octanol–water partition coefficient (Wildman–Crippen LogP) is 2.73. The summed E-state index contributed by atoms with van der Waals surface area (Å²) in [6.07, 6.45) is 0.565. The van der Waals surface area contributed by atoms with Crippen LogP contribution < -0.4 is 4.90 Å². The van der Waals surface area contributed by atoms with Crippen LogP contribution in [0.1, 0.15) is 26.3 Å². The zero-order valence-corrected chi connectivity index (χ0v) is 11.0. The number of anilines is 1. The molecule has 2 aromatic carbocycles. The number of carbonyl (C=O) groups is 2. The summed E-state index contributed by atoms with van der Waals surface area (Å²) in [5.74, 6) is -2.33. The lowest BCUT2D eigenvalue weighted by Gasteiger charge is -2.29. The smallest absolute Gasteiger partial charge is 0.337 e. The molecule has 106 valence electrons. The summed E-state index contributed by atoms with van der Waals surface area (Å²) >= 11 is 0. The second-order valence-corrected chi connectivity index (χ2v) is 4.81. The fourth-order valence-corrected chi connectivity index (χ4v) is 2.60. The van der Waals surface area contributed by atoms with Crippen molar-refractivity contribution in [2.24, 2.45) is 0 Å². The van der Waals surface area contributed by atoms with Gasteiger partial charge in [0.15, 0.2) is 0 Å². The third-order valence-electron chi connectivity index (χ3n) is 3.58. The summed E-state index contributed by atoms with van der Waals surface area (Å²) in [5, 5.41) is 9.20. The average molecular weight is 285 g/mol. The van der Waals surface area contributed by atoms with Gasteiger partial charge >= 0.3 is 5.97 Å². The summed E-state index contributed by atoms with van der Waals surface area (Å²) < 4.78 is 14.1. The third-order valence-corrected chi connectivity index (χ3v) is 3.58. The van der Waals surface area contributed by atoms with Crippen LogP contribution in [0.15, 0.2) is 42.5 Å². The minimum Gasteiger partial charge on any atom is -0.478 e. The molecule has 0 atom stereocenters. The van der Waals surface area contributed by atoms with Crippen LogP contribution in [0.5, 0.6) is 0 Å². The lowest BCUT2D eigenvalue weighted by atomic mass is 9.98. The molecule has 0 radical (unpaired) electrons. The predicted molar refractivity (Wildman–Crippen MR) is 75.2 cm³/mol. The number of benzene rings is 2. The molecule has 0 aromatic heterocycles. The lowest BCUT2D eigenvalue weighted by Crippen LogP contribution is -2.39. The highest BCUT2D eigenvalue weighted by atomic mass is 19.1. The largest absolute Gasteiger partial charge is 0.478 e. The molecule has 0 bridgehead atoms. The van der Waals surface area contributed by atoms with Crippen molar-refractivity contribution in [3.63, 3.8) is 0 Å². The highest BCUT2D eigenvalue weighted by Gasteiger charge is 2.30. The fraction of sp³-hybridized carbons (Fsp3) is 0.125. The molecule has 0 saturated heterocycles. The van der Waals surface area contributed by atoms with Crippen molar-refractivity contribution < 1.29 is 19.1 Å². The second-order valence-electron chi connectivity index (χ2n) is 4.81. The molecule has 2 aromatic rings. The highest BCUT2D eigenvalue weighted by molar-refractivity contribution is 6.11. The van der Waals surface area contributed by atoms with Crippen LogP contribution in [0.2, 0.25) is 0 Å². The molecule has 21 heavy (non-hydrogen) atoms. The molecule has 5 heteroatoms. The number of nitrogens with zero attached hydrogens (tertiary/aromatic N) is 1. The minimum absolute atomic E-state index is 0.162. The first-order valence-corrected chi connectivity index (χ1v) is 6.51. The zero-order valence-electron chi connectivity index (χ0n) is 11.0. The molecule has 0 spiro atoms. The molecule has 0 fully saturated rings. The summed E-state index contributed by atoms with van der Waals surface area (Å²) in [6, 6.07) is 10.9. The van der Waals surface area contributed by atoms with Crippen LogP contribution in [0.3, 0.4) is 0 Å². The normalized spacial score (nSPS) is 14.0. The number of rotatable bonds is 2. The van der Waals surface area contributed by atoms with Crippen LogP contribution in [-0.4, -0.2) is 23.5 Å². The number of fused-ring (bicyclic) bond motifs is 1. The topological polar surface area (TPSA) is 57.6 Å². The van der Waals surface area contributed by atoms with E-state index in [0.29, 0.717) is 12.0 Å². The number of carboxylic acid groups (broad SMARTS) is 1. The van der Waals surface area contributed by atoms with Gasteiger partial charge < -0.3 is 10.0 Å². The first-order valence-electron chi connectivity index (χ1n) is 6.51. The molecule has 4 nitrogen and oxygen atoms in total. The van der Waals surface area contributed by atoms with Gasteiger partial charge in [-0.15, -0.1) is 0 Å². The molecule has 1 heterocycles. The maximum atomic E-state index is 14.1. The molecule has 0 aliphatic carbocycles. The van der Waals surface area contributed by atoms with Crippen LogP contribution >= 0.6 is 0 Å². The molecule has 0 saturated carbocycles. The number of carbonyl (C=O) groups excluding carboxylic acids is 1. The molecule has 1 aliphatic heterocycles. The van der Waals surface area contributed by atoms with E-state index >= 15 is 0 Å². The fourth-order valence-electron chi connectivity index (χ4n) is 2.60. The summed E-state index contributed by atoms with van der Waals surface area (Å²) in [5.41, 5.74) is 1.02. The number of para-hydroxylation sites is 1.